The number of halogens is 2. The summed E-state index contributed by atoms with van der Waals surface area (Å²) in [6.45, 7) is 12.6. The molecule has 4 nitrogen and oxygen atoms in total. The second-order valence-corrected chi connectivity index (χ2v) is 13.8. The van der Waals surface area contributed by atoms with Crippen molar-refractivity contribution < 1.29 is 0 Å². The third-order valence-corrected chi connectivity index (χ3v) is 10.3. The van der Waals surface area contributed by atoms with Crippen LogP contribution in [0.15, 0.2) is 80.7 Å². The van der Waals surface area contributed by atoms with E-state index in [1.54, 1.807) is 0 Å². The third kappa shape index (κ3) is 4.79. The molecule has 0 saturated heterocycles. The Hall–Kier alpha value is -3.35. The van der Waals surface area contributed by atoms with Crippen LogP contribution in [0.3, 0.4) is 0 Å². The zero-order valence-electron chi connectivity index (χ0n) is 26.6. The Kier molecular flexibility index (Phi) is 8.39. The molecule has 5 aromatic carbocycles. The summed E-state index contributed by atoms with van der Waals surface area (Å²) in [5.74, 6) is 0. The largest absolute Gasteiger partial charge is 0.384 e. The van der Waals surface area contributed by atoms with Crippen LogP contribution in [-0.4, -0.2) is 22.2 Å². The standard InChI is InChI=1S/C39H40Br2N4/c1-5-17-42-30-22-32-34(26-15-11-9-13-24(26)30)36-35-27-16-12-10-14-25(27)31(43-18-6-2)23-33(35)45(20-8-4)39-29(41)21-28(40)38(37(36)39)44(32)19-7-3/h9-16,21-23,42H,5-8,17-20H2,1-4H3. The van der Waals surface area contributed by atoms with Crippen LogP contribution in [-0.2, 0) is 13.1 Å². The van der Waals surface area contributed by atoms with Gasteiger partial charge in [0, 0.05) is 73.1 Å². The lowest BCUT2D eigenvalue weighted by atomic mass is 9.91. The summed E-state index contributed by atoms with van der Waals surface area (Å²) in [5.41, 5.74) is 6.22. The second kappa shape index (κ2) is 12.4. The van der Waals surface area contributed by atoms with Crippen molar-refractivity contribution in [1.29, 1.82) is 0 Å². The van der Waals surface area contributed by atoms with Crippen molar-refractivity contribution in [3.8, 4) is 0 Å². The maximum absolute atomic E-state index is 5.13. The van der Waals surface area contributed by atoms with E-state index in [-0.39, 0.29) is 0 Å². The highest BCUT2D eigenvalue weighted by Crippen LogP contribution is 2.48. The molecule has 0 bridgehead atoms. The van der Waals surface area contributed by atoms with E-state index >= 15 is 0 Å². The Morgan fingerprint density at radius 3 is 1.73 bits per heavy atom. The number of hydrogen-bond donors (Lipinski definition) is 1. The quantitative estimate of drug-likeness (QED) is 0.117. The van der Waals surface area contributed by atoms with Gasteiger partial charge in [0.15, 0.2) is 0 Å². The van der Waals surface area contributed by atoms with Gasteiger partial charge < -0.3 is 14.5 Å². The zero-order chi connectivity index (χ0) is 31.2. The van der Waals surface area contributed by atoms with Gasteiger partial charge in [0.25, 0.3) is 0 Å². The second-order valence-electron chi connectivity index (χ2n) is 12.1. The first-order valence-electron chi connectivity index (χ1n) is 16.5. The van der Waals surface area contributed by atoms with Gasteiger partial charge in [-0.05, 0) is 86.5 Å². The van der Waals surface area contributed by atoms with Crippen LogP contribution < -0.4 is 10.7 Å². The molecule has 7 rings (SSSR count). The normalized spacial score (nSPS) is 12.6. The lowest BCUT2D eigenvalue weighted by Gasteiger charge is -2.27. The molecule has 0 saturated carbocycles. The van der Waals surface area contributed by atoms with Crippen molar-refractivity contribution in [2.75, 3.05) is 18.4 Å². The topological polar surface area (TPSA) is 34.2 Å². The zero-order valence-corrected chi connectivity index (χ0v) is 29.8. The summed E-state index contributed by atoms with van der Waals surface area (Å²) in [7, 11) is 0. The monoisotopic (exact) mass is 722 g/mol. The van der Waals surface area contributed by atoms with Crippen molar-refractivity contribution in [2.45, 2.75) is 66.5 Å². The number of benzene rings is 5. The van der Waals surface area contributed by atoms with Crippen molar-refractivity contribution in [2.24, 2.45) is 4.99 Å². The first kappa shape index (κ1) is 30.3. The molecule has 1 N–H and O–H groups in total. The summed E-state index contributed by atoms with van der Waals surface area (Å²) in [6, 6.07) is 24.9. The van der Waals surface area contributed by atoms with Crippen molar-refractivity contribution in [3.63, 3.8) is 0 Å². The fraction of sp³-hybridized carbons (Fsp3) is 0.308. The maximum atomic E-state index is 5.13. The van der Waals surface area contributed by atoms with Gasteiger partial charge in [0.1, 0.15) is 0 Å². The van der Waals surface area contributed by atoms with Crippen LogP contribution in [0.4, 0.5) is 5.69 Å². The van der Waals surface area contributed by atoms with Crippen molar-refractivity contribution in [3.05, 3.63) is 81.0 Å². The molecule has 0 amide bonds. The predicted octanol–water partition coefficient (Wildman–Crippen LogP) is 11.7. The molecule has 230 valence electrons. The average molecular weight is 725 g/mol. The minimum atomic E-state index is 0.817. The highest BCUT2D eigenvalue weighted by Gasteiger charge is 2.25. The number of fused-ring (bicyclic) bond motifs is 8. The molecule has 0 aliphatic rings. The first-order valence-corrected chi connectivity index (χ1v) is 18.1. The minimum absolute atomic E-state index is 0.817. The van der Waals surface area contributed by atoms with E-state index in [4.69, 9.17) is 4.99 Å². The number of nitrogens with one attached hydrogen (secondary N) is 1. The highest BCUT2D eigenvalue weighted by atomic mass is 79.9. The van der Waals surface area contributed by atoms with E-state index < -0.39 is 0 Å². The van der Waals surface area contributed by atoms with Gasteiger partial charge in [-0.3, -0.25) is 4.99 Å². The molecule has 0 aliphatic heterocycles. The van der Waals surface area contributed by atoms with E-state index in [0.29, 0.717) is 0 Å². The Morgan fingerprint density at radius 1 is 0.600 bits per heavy atom. The van der Waals surface area contributed by atoms with Crippen LogP contribution in [0, 0.1) is 0 Å². The summed E-state index contributed by atoms with van der Waals surface area (Å²) in [4.78, 5) is 5.13. The van der Waals surface area contributed by atoms with E-state index in [2.05, 4.69) is 141 Å². The van der Waals surface area contributed by atoms with Gasteiger partial charge in [-0.15, -0.1) is 0 Å². The highest BCUT2D eigenvalue weighted by molar-refractivity contribution is 9.11. The van der Waals surface area contributed by atoms with Crippen LogP contribution in [0.1, 0.15) is 53.4 Å². The fourth-order valence-corrected chi connectivity index (χ4v) is 8.90. The number of aryl methyl sites for hydroxylation is 2. The molecular formula is C39H40Br2N4. The Labute approximate surface area is 281 Å². The predicted molar refractivity (Wildman–Crippen MR) is 203 cm³/mol. The van der Waals surface area contributed by atoms with Gasteiger partial charge >= 0.3 is 0 Å². The third-order valence-electron chi connectivity index (χ3n) is 9.04. The van der Waals surface area contributed by atoms with Crippen LogP contribution >= 0.6 is 31.9 Å². The van der Waals surface area contributed by atoms with Gasteiger partial charge in [-0.2, -0.15) is 0 Å². The summed E-state index contributed by atoms with van der Waals surface area (Å²) in [5, 5.41) is 15.2. The van der Waals surface area contributed by atoms with Crippen molar-refractivity contribution >= 4 is 103 Å². The molecule has 2 heterocycles. The summed E-state index contributed by atoms with van der Waals surface area (Å²) in [6.07, 6.45) is 4.17. The first-order chi connectivity index (χ1) is 22.0. The van der Waals surface area contributed by atoms with Crippen LogP contribution in [0.2, 0.25) is 0 Å². The molecule has 45 heavy (non-hydrogen) atoms. The molecule has 0 fully saturated rings. The Morgan fingerprint density at radius 2 is 1.16 bits per heavy atom. The smallest absolute Gasteiger partial charge is 0.0673 e. The summed E-state index contributed by atoms with van der Waals surface area (Å²) >= 11 is 8.15. The molecule has 2 aromatic heterocycles. The molecule has 7 aromatic rings. The van der Waals surface area contributed by atoms with Gasteiger partial charge in [0.2, 0.25) is 0 Å². The molecule has 0 unspecified atom stereocenters. The fourth-order valence-electron chi connectivity index (χ4n) is 7.31. The van der Waals surface area contributed by atoms with Crippen molar-refractivity contribution in [1.82, 2.24) is 9.13 Å². The van der Waals surface area contributed by atoms with Gasteiger partial charge in [0.05, 0.1) is 27.4 Å². The number of nitrogens with zero attached hydrogens (tertiary/aromatic N) is 3. The van der Waals surface area contributed by atoms with Crippen LogP contribution in [0.5, 0.6) is 0 Å². The summed E-state index contributed by atoms with van der Waals surface area (Å²) < 4.78 is 7.34. The molecule has 0 atom stereocenters. The molecule has 0 aliphatic carbocycles. The SMILES string of the molecule is CCCN=c1cc2c(c3ccccc13)c1c3c4ccccc4c(NCCC)cc3n(CCC)c3c(Br)cc(Br)c(c13)n2CCC. The van der Waals surface area contributed by atoms with E-state index in [9.17, 15) is 0 Å². The van der Waals surface area contributed by atoms with E-state index in [1.807, 2.05) is 0 Å². The lowest BCUT2D eigenvalue weighted by Crippen LogP contribution is -2.13. The minimum Gasteiger partial charge on any atom is -0.384 e. The molecule has 0 radical (unpaired) electrons. The van der Waals surface area contributed by atoms with Gasteiger partial charge in [-0.25, -0.2) is 0 Å². The van der Waals surface area contributed by atoms with E-state index in [1.165, 1.54) is 70.8 Å². The van der Waals surface area contributed by atoms with Crippen LogP contribution in [0.25, 0.3) is 65.2 Å². The number of anilines is 1. The van der Waals surface area contributed by atoms with E-state index in [0.717, 1.165) is 66.2 Å². The molecular weight excluding hydrogens is 684 g/mol. The number of hydrogen-bond acceptors (Lipinski definition) is 2. The maximum Gasteiger partial charge on any atom is 0.0673 e. The molecule has 6 heteroatoms. The lowest BCUT2D eigenvalue weighted by molar-refractivity contribution is 0.714. The average Bonchev–Trinajstić information content (AvgIpc) is 3.05. The van der Waals surface area contributed by atoms with Gasteiger partial charge in [-0.1, -0.05) is 76.2 Å². The Bertz CT molecular complexity index is 2330. The molecule has 0 spiro atoms. The number of pyridine rings is 2. The Balaban J connectivity index is 1.90. The number of rotatable bonds is 9. The number of aromatic nitrogens is 2.